The number of thiophene rings is 1. The van der Waals surface area contributed by atoms with Gasteiger partial charge in [-0.15, -0.1) is 11.3 Å². The number of nitrogens with zero attached hydrogens (tertiary/aromatic N) is 1. The summed E-state index contributed by atoms with van der Waals surface area (Å²) in [6, 6.07) is 2.40. The van der Waals surface area contributed by atoms with Gasteiger partial charge in [-0.1, -0.05) is 0 Å². The minimum Gasteiger partial charge on any atom is -0.328 e. The molecule has 0 atom stereocenters. The SMILES string of the molecule is Cc1sc(C=O)cc1CN1CCC(N)CC1. The van der Waals surface area contributed by atoms with Gasteiger partial charge in [0.05, 0.1) is 4.88 Å². The average molecular weight is 238 g/mol. The summed E-state index contributed by atoms with van der Waals surface area (Å²) < 4.78 is 0. The number of carbonyl (C=O) groups excluding carboxylic acids is 1. The van der Waals surface area contributed by atoms with Crippen LogP contribution in [0.1, 0.15) is 33.0 Å². The highest BCUT2D eigenvalue weighted by atomic mass is 32.1. The van der Waals surface area contributed by atoms with Crippen LogP contribution in [0.2, 0.25) is 0 Å². The van der Waals surface area contributed by atoms with Crippen molar-refractivity contribution in [2.75, 3.05) is 13.1 Å². The number of carbonyl (C=O) groups is 1. The Kier molecular flexibility index (Phi) is 3.74. The maximum Gasteiger partial charge on any atom is 0.160 e. The van der Waals surface area contributed by atoms with E-state index in [1.807, 2.05) is 6.07 Å². The molecule has 1 aromatic heterocycles. The number of hydrogen-bond acceptors (Lipinski definition) is 4. The molecular formula is C12H18N2OS. The molecule has 1 aliphatic rings. The Hall–Kier alpha value is -0.710. The zero-order valence-corrected chi connectivity index (χ0v) is 10.4. The van der Waals surface area contributed by atoms with Crippen LogP contribution < -0.4 is 5.73 Å². The second-order valence-electron chi connectivity index (χ2n) is 4.46. The van der Waals surface area contributed by atoms with Crippen LogP contribution in [0.5, 0.6) is 0 Å². The van der Waals surface area contributed by atoms with E-state index in [9.17, 15) is 4.79 Å². The lowest BCUT2D eigenvalue weighted by atomic mass is 10.1. The first-order valence-corrected chi connectivity index (χ1v) is 6.53. The van der Waals surface area contributed by atoms with Crippen molar-refractivity contribution in [3.8, 4) is 0 Å². The van der Waals surface area contributed by atoms with Crippen molar-refractivity contribution < 1.29 is 4.79 Å². The van der Waals surface area contributed by atoms with Gasteiger partial charge in [0.25, 0.3) is 0 Å². The Labute approximate surface area is 100 Å². The monoisotopic (exact) mass is 238 g/mol. The molecule has 0 amide bonds. The lowest BCUT2D eigenvalue weighted by Gasteiger charge is -2.29. The van der Waals surface area contributed by atoms with Crippen LogP contribution in [0.25, 0.3) is 0 Å². The number of rotatable bonds is 3. The summed E-state index contributed by atoms with van der Waals surface area (Å²) in [5, 5.41) is 0. The highest BCUT2D eigenvalue weighted by Crippen LogP contribution is 2.22. The topological polar surface area (TPSA) is 46.3 Å². The van der Waals surface area contributed by atoms with Crippen molar-refractivity contribution in [1.82, 2.24) is 4.90 Å². The normalized spacial score (nSPS) is 18.9. The number of hydrogen-bond donors (Lipinski definition) is 1. The van der Waals surface area contributed by atoms with E-state index >= 15 is 0 Å². The molecule has 2 heterocycles. The van der Waals surface area contributed by atoms with Gasteiger partial charge in [-0.25, -0.2) is 0 Å². The van der Waals surface area contributed by atoms with E-state index in [0.717, 1.165) is 43.6 Å². The van der Waals surface area contributed by atoms with Gasteiger partial charge in [-0.05, 0) is 44.5 Å². The quantitative estimate of drug-likeness (QED) is 0.817. The lowest BCUT2D eigenvalue weighted by molar-refractivity contribution is 0.112. The van der Waals surface area contributed by atoms with Crippen molar-refractivity contribution in [3.63, 3.8) is 0 Å². The number of likely N-dealkylation sites (tertiary alicyclic amines) is 1. The Morgan fingerprint density at radius 1 is 1.56 bits per heavy atom. The molecule has 88 valence electrons. The van der Waals surface area contributed by atoms with E-state index in [0.29, 0.717) is 6.04 Å². The third kappa shape index (κ3) is 2.70. The molecule has 3 nitrogen and oxygen atoms in total. The molecule has 0 spiro atoms. The Bertz CT molecular complexity index is 367. The highest BCUT2D eigenvalue weighted by molar-refractivity contribution is 7.13. The summed E-state index contributed by atoms with van der Waals surface area (Å²) >= 11 is 1.58. The molecule has 1 fully saturated rings. The number of aryl methyl sites for hydroxylation is 1. The molecule has 1 saturated heterocycles. The summed E-state index contributed by atoms with van der Waals surface area (Å²) in [4.78, 5) is 15.2. The predicted molar refractivity (Wildman–Crippen MR) is 66.9 cm³/mol. The van der Waals surface area contributed by atoms with E-state index in [-0.39, 0.29) is 0 Å². The van der Waals surface area contributed by atoms with E-state index in [1.165, 1.54) is 10.4 Å². The third-order valence-corrected chi connectivity index (χ3v) is 4.20. The smallest absolute Gasteiger partial charge is 0.160 e. The van der Waals surface area contributed by atoms with E-state index < -0.39 is 0 Å². The molecule has 0 aliphatic carbocycles. The highest BCUT2D eigenvalue weighted by Gasteiger charge is 2.17. The standard InChI is InChI=1S/C12H18N2OS/c1-9-10(6-12(8-15)16-9)7-14-4-2-11(13)3-5-14/h6,8,11H,2-5,7,13H2,1H3. The third-order valence-electron chi connectivity index (χ3n) is 3.18. The first kappa shape index (κ1) is 11.8. The van der Waals surface area contributed by atoms with Gasteiger partial charge in [0, 0.05) is 17.5 Å². The molecule has 0 radical (unpaired) electrons. The summed E-state index contributed by atoms with van der Waals surface area (Å²) in [5.41, 5.74) is 7.17. The zero-order valence-electron chi connectivity index (χ0n) is 9.61. The second kappa shape index (κ2) is 5.08. The largest absolute Gasteiger partial charge is 0.328 e. The fourth-order valence-corrected chi connectivity index (χ4v) is 2.97. The molecule has 0 unspecified atom stereocenters. The van der Waals surface area contributed by atoms with Gasteiger partial charge < -0.3 is 5.73 Å². The molecule has 4 heteroatoms. The Morgan fingerprint density at radius 2 is 2.25 bits per heavy atom. The Balaban J connectivity index is 1.98. The van der Waals surface area contributed by atoms with Gasteiger partial charge in [0.1, 0.15) is 0 Å². The molecule has 1 aromatic rings. The van der Waals surface area contributed by atoms with Crippen LogP contribution in [0, 0.1) is 6.92 Å². The number of nitrogens with two attached hydrogens (primary N) is 1. The van der Waals surface area contributed by atoms with Crippen LogP contribution in [-0.2, 0) is 6.54 Å². The number of aldehydes is 1. The van der Waals surface area contributed by atoms with Crippen LogP contribution in [0.4, 0.5) is 0 Å². The summed E-state index contributed by atoms with van der Waals surface area (Å²) in [7, 11) is 0. The zero-order chi connectivity index (χ0) is 11.5. The number of piperidine rings is 1. The fourth-order valence-electron chi connectivity index (χ4n) is 2.11. The molecular weight excluding hydrogens is 220 g/mol. The predicted octanol–water partition coefficient (Wildman–Crippen LogP) is 1.79. The molecule has 16 heavy (non-hydrogen) atoms. The first-order chi connectivity index (χ1) is 7.69. The molecule has 2 rings (SSSR count). The molecule has 0 saturated carbocycles. The van der Waals surface area contributed by atoms with Gasteiger partial charge in [0.15, 0.2) is 6.29 Å². The minimum absolute atomic E-state index is 0.380. The lowest BCUT2D eigenvalue weighted by Crippen LogP contribution is -2.39. The van der Waals surface area contributed by atoms with Crippen LogP contribution in [0.15, 0.2) is 6.07 Å². The van der Waals surface area contributed by atoms with E-state index in [2.05, 4.69) is 11.8 Å². The van der Waals surface area contributed by atoms with Gasteiger partial charge in [0.2, 0.25) is 0 Å². The molecule has 0 aromatic carbocycles. The second-order valence-corrected chi connectivity index (χ2v) is 5.75. The molecule has 0 bridgehead atoms. The van der Waals surface area contributed by atoms with E-state index in [1.54, 1.807) is 11.3 Å². The fraction of sp³-hybridized carbons (Fsp3) is 0.583. The van der Waals surface area contributed by atoms with Gasteiger partial charge >= 0.3 is 0 Å². The molecule has 2 N–H and O–H groups in total. The average Bonchev–Trinajstić information content (AvgIpc) is 2.63. The minimum atomic E-state index is 0.380. The van der Waals surface area contributed by atoms with Gasteiger partial charge in [-0.3, -0.25) is 9.69 Å². The van der Waals surface area contributed by atoms with Crippen LogP contribution in [-0.4, -0.2) is 30.3 Å². The van der Waals surface area contributed by atoms with E-state index in [4.69, 9.17) is 5.73 Å². The Morgan fingerprint density at radius 3 is 2.81 bits per heavy atom. The molecule has 1 aliphatic heterocycles. The first-order valence-electron chi connectivity index (χ1n) is 5.71. The van der Waals surface area contributed by atoms with Gasteiger partial charge in [-0.2, -0.15) is 0 Å². The van der Waals surface area contributed by atoms with Crippen molar-refractivity contribution in [1.29, 1.82) is 0 Å². The maximum absolute atomic E-state index is 10.7. The van der Waals surface area contributed by atoms with Crippen molar-refractivity contribution in [3.05, 3.63) is 21.4 Å². The summed E-state index contributed by atoms with van der Waals surface area (Å²) in [6.07, 6.45) is 3.11. The summed E-state index contributed by atoms with van der Waals surface area (Å²) in [6.45, 7) is 5.20. The van der Waals surface area contributed by atoms with Crippen LogP contribution >= 0.6 is 11.3 Å². The summed E-state index contributed by atoms with van der Waals surface area (Å²) in [5.74, 6) is 0. The van der Waals surface area contributed by atoms with Crippen molar-refractivity contribution >= 4 is 17.6 Å². The maximum atomic E-state index is 10.7. The van der Waals surface area contributed by atoms with Crippen molar-refractivity contribution in [2.24, 2.45) is 5.73 Å². The van der Waals surface area contributed by atoms with Crippen LogP contribution in [0.3, 0.4) is 0 Å². The van der Waals surface area contributed by atoms with Crippen molar-refractivity contribution in [2.45, 2.75) is 32.4 Å².